The topological polar surface area (TPSA) is 72.2 Å². The third-order valence-corrected chi connectivity index (χ3v) is 3.56. The Labute approximate surface area is 132 Å². The molecule has 0 spiro atoms. The summed E-state index contributed by atoms with van der Waals surface area (Å²) in [6.07, 6.45) is 0. The molecule has 2 aromatic carbocycles. The largest absolute Gasteiger partial charge is 0.322 e. The Bertz CT molecular complexity index is 739. The molecule has 21 heavy (non-hydrogen) atoms. The smallest absolute Gasteiger partial charge is 0.270 e. The van der Waals surface area contributed by atoms with Gasteiger partial charge in [0.1, 0.15) is 5.82 Å². The molecule has 0 saturated heterocycles. The lowest BCUT2D eigenvalue weighted by atomic mass is 10.2. The average Bonchev–Trinajstić information content (AvgIpc) is 2.43. The third kappa shape index (κ3) is 3.56. The number of nitrogens with one attached hydrogen (secondary N) is 1. The van der Waals surface area contributed by atoms with Crippen molar-refractivity contribution in [1.29, 1.82) is 0 Å². The number of hydrogen-bond acceptors (Lipinski definition) is 3. The quantitative estimate of drug-likeness (QED) is 0.640. The Hall–Kier alpha value is -1.99. The lowest BCUT2D eigenvalue weighted by molar-refractivity contribution is -0.384. The molecule has 0 saturated carbocycles. The summed E-state index contributed by atoms with van der Waals surface area (Å²) in [4.78, 5) is 22.2. The first kappa shape index (κ1) is 15.4. The highest BCUT2D eigenvalue weighted by Crippen LogP contribution is 2.25. The molecule has 0 aromatic heterocycles. The number of carbonyl (C=O) groups excluding carboxylic acids is 1. The summed E-state index contributed by atoms with van der Waals surface area (Å²) in [5.74, 6) is -1.18. The standard InChI is InChI=1S/C13H7BrClFN2O3/c14-10-3-2-8(18(20)21)6-9(10)13(19)17-7-1-4-12(16)11(15)5-7/h1-6H,(H,17,19). The molecule has 0 aliphatic rings. The van der Waals surface area contributed by atoms with Crippen LogP contribution in [0.4, 0.5) is 15.8 Å². The van der Waals surface area contributed by atoms with E-state index in [1.54, 1.807) is 0 Å². The second-order valence-electron chi connectivity index (χ2n) is 4.00. The van der Waals surface area contributed by atoms with Crippen LogP contribution in [0.1, 0.15) is 10.4 Å². The average molecular weight is 374 g/mol. The van der Waals surface area contributed by atoms with Gasteiger partial charge >= 0.3 is 0 Å². The Balaban J connectivity index is 2.29. The molecule has 0 heterocycles. The first-order chi connectivity index (χ1) is 9.88. The Kier molecular flexibility index (Phi) is 4.54. The molecule has 1 N–H and O–H groups in total. The molecule has 0 aliphatic carbocycles. The number of hydrogen-bond donors (Lipinski definition) is 1. The molecular weight excluding hydrogens is 367 g/mol. The van der Waals surface area contributed by atoms with Crippen molar-refractivity contribution >= 4 is 44.8 Å². The van der Waals surface area contributed by atoms with Crippen LogP contribution in [-0.2, 0) is 0 Å². The SMILES string of the molecule is O=C(Nc1ccc(F)c(Cl)c1)c1cc([N+](=O)[O-])ccc1Br. The summed E-state index contributed by atoms with van der Waals surface area (Å²) in [5.41, 5.74) is 0.162. The fraction of sp³-hybridized carbons (Fsp3) is 0. The minimum atomic E-state index is -0.605. The maximum atomic E-state index is 13.0. The van der Waals surface area contributed by atoms with E-state index in [4.69, 9.17) is 11.6 Å². The predicted octanol–water partition coefficient (Wildman–Crippen LogP) is 4.40. The van der Waals surface area contributed by atoms with E-state index in [9.17, 15) is 19.3 Å². The van der Waals surface area contributed by atoms with E-state index >= 15 is 0 Å². The molecule has 5 nitrogen and oxygen atoms in total. The molecule has 0 atom stereocenters. The van der Waals surface area contributed by atoms with Crippen molar-refractivity contribution in [3.05, 3.63) is 67.4 Å². The van der Waals surface area contributed by atoms with Gasteiger partial charge in [-0.1, -0.05) is 11.6 Å². The van der Waals surface area contributed by atoms with Crippen LogP contribution in [0.25, 0.3) is 0 Å². The van der Waals surface area contributed by atoms with Gasteiger partial charge in [-0.15, -0.1) is 0 Å². The monoisotopic (exact) mass is 372 g/mol. The number of amides is 1. The molecule has 0 fully saturated rings. The number of halogens is 3. The van der Waals surface area contributed by atoms with Gasteiger partial charge in [0.15, 0.2) is 0 Å². The number of anilines is 1. The molecule has 108 valence electrons. The number of nitro groups is 1. The van der Waals surface area contributed by atoms with E-state index in [0.29, 0.717) is 4.47 Å². The second kappa shape index (κ2) is 6.19. The van der Waals surface area contributed by atoms with Crippen LogP contribution >= 0.6 is 27.5 Å². The molecule has 1 amide bonds. The Morgan fingerprint density at radius 2 is 2.00 bits per heavy atom. The molecule has 0 radical (unpaired) electrons. The summed E-state index contributed by atoms with van der Waals surface area (Å²) in [6.45, 7) is 0. The number of rotatable bonds is 3. The number of benzene rings is 2. The summed E-state index contributed by atoms with van der Waals surface area (Å²) in [7, 11) is 0. The second-order valence-corrected chi connectivity index (χ2v) is 5.27. The highest BCUT2D eigenvalue weighted by atomic mass is 79.9. The molecular formula is C13H7BrClFN2O3. The van der Waals surface area contributed by atoms with Crippen LogP contribution in [0.15, 0.2) is 40.9 Å². The van der Waals surface area contributed by atoms with E-state index in [2.05, 4.69) is 21.2 Å². The van der Waals surface area contributed by atoms with Crippen LogP contribution in [0.5, 0.6) is 0 Å². The summed E-state index contributed by atoms with van der Waals surface area (Å²) < 4.78 is 13.4. The van der Waals surface area contributed by atoms with Gasteiger partial charge in [0, 0.05) is 22.3 Å². The van der Waals surface area contributed by atoms with Crippen LogP contribution < -0.4 is 5.32 Å². The van der Waals surface area contributed by atoms with Crippen LogP contribution in [0.2, 0.25) is 5.02 Å². The first-order valence-electron chi connectivity index (χ1n) is 5.59. The maximum absolute atomic E-state index is 13.0. The van der Waals surface area contributed by atoms with Crippen LogP contribution in [0, 0.1) is 15.9 Å². The Morgan fingerprint density at radius 3 is 2.62 bits per heavy atom. The van der Waals surface area contributed by atoms with E-state index in [1.807, 2.05) is 0 Å². The summed E-state index contributed by atoms with van der Waals surface area (Å²) in [5, 5.41) is 13.1. The molecule has 2 rings (SSSR count). The van der Waals surface area contributed by atoms with Gasteiger partial charge in [-0.05, 0) is 40.2 Å². The molecule has 0 aliphatic heterocycles. The van der Waals surface area contributed by atoms with Gasteiger partial charge in [0.2, 0.25) is 0 Å². The molecule has 0 unspecified atom stereocenters. The highest BCUT2D eigenvalue weighted by molar-refractivity contribution is 9.10. The van der Waals surface area contributed by atoms with Crippen molar-refractivity contribution in [3.63, 3.8) is 0 Å². The van der Waals surface area contributed by atoms with Crippen molar-refractivity contribution in [2.75, 3.05) is 5.32 Å². The minimum absolute atomic E-state index is 0.0876. The molecule has 0 bridgehead atoms. The van der Waals surface area contributed by atoms with Gasteiger partial charge < -0.3 is 5.32 Å². The lowest BCUT2D eigenvalue weighted by Gasteiger charge is -2.07. The van der Waals surface area contributed by atoms with E-state index in [-0.39, 0.29) is 22.0 Å². The number of nitrogens with zero attached hydrogens (tertiary/aromatic N) is 1. The molecule has 8 heteroatoms. The fourth-order valence-electron chi connectivity index (χ4n) is 1.57. The van der Waals surface area contributed by atoms with Crippen molar-refractivity contribution in [3.8, 4) is 0 Å². The number of nitro benzene ring substituents is 1. The number of non-ortho nitro benzene ring substituents is 1. The third-order valence-electron chi connectivity index (χ3n) is 2.58. The normalized spacial score (nSPS) is 10.2. The fourth-order valence-corrected chi connectivity index (χ4v) is 2.18. The predicted molar refractivity (Wildman–Crippen MR) is 80.2 cm³/mol. The van der Waals surface area contributed by atoms with E-state index in [1.165, 1.54) is 24.3 Å². The lowest BCUT2D eigenvalue weighted by Crippen LogP contribution is -2.13. The van der Waals surface area contributed by atoms with Crippen LogP contribution in [-0.4, -0.2) is 10.8 Å². The maximum Gasteiger partial charge on any atom is 0.270 e. The minimum Gasteiger partial charge on any atom is -0.322 e. The van der Waals surface area contributed by atoms with Gasteiger partial charge in [0.05, 0.1) is 15.5 Å². The first-order valence-corrected chi connectivity index (χ1v) is 6.76. The van der Waals surface area contributed by atoms with Crippen LogP contribution in [0.3, 0.4) is 0 Å². The highest BCUT2D eigenvalue weighted by Gasteiger charge is 2.16. The van der Waals surface area contributed by atoms with Gasteiger partial charge in [-0.25, -0.2) is 4.39 Å². The van der Waals surface area contributed by atoms with Crippen molar-refractivity contribution in [2.24, 2.45) is 0 Å². The van der Waals surface area contributed by atoms with Gasteiger partial charge in [0.25, 0.3) is 11.6 Å². The zero-order chi connectivity index (χ0) is 15.6. The summed E-state index contributed by atoms with van der Waals surface area (Å²) in [6, 6.07) is 7.52. The van der Waals surface area contributed by atoms with Crippen molar-refractivity contribution in [2.45, 2.75) is 0 Å². The van der Waals surface area contributed by atoms with Crippen molar-refractivity contribution in [1.82, 2.24) is 0 Å². The van der Waals surface area contributed by atoms with E-state index < -0.39 is 16.6 Å². The van der Waals surface area contributed by atoms with Gasteiger partial charge in [-0.3, -0.25) is 14.9 Å². The molecule has 2 aromatic rings. The Morgan fingerprint density at radius 1 is 1.29 bits per heavy atom. The zero-order valence-corrected chi connectivity index (χ0v) is 12.6. The zero-order valence-electron chi connectivity index (χ0n) is 10.3. The number of carbonyl (C=O) groups is 1. The van der Waals surface area contributed by atoms with E-state index in [0.717, 1.165) is 12.1 Å². The van der Waals surface area contributed by atoms with Gasteiger partial charge in [-0.2, -0.15) is 0 Å². The summed E-state index contributed by atoms with van der Waals surface area (Å²) >= 11 is 8.77. The van der Waals surface area contributed by atoms with Crippen molar-refractivity contribution < 1.29 is 14.1 Å².